The van der Waals surface area contributed by atoms with Gasteiger partial charge in [0.05, 0.1) is 39.2 Å². The molecule has 2 heterocycles. The van der Waals surface area contributed by atoms with Crippen LogP contribution in [0.15, 0.2) is 77.7 Å². The van der Waals surface area contributed by atoms with Crippen molar-refractivity contribution < 1.29 is 14.2 Å². The Morgan fingerprint density at radius 2 is 1.41 bits per heavy atom. The van der Waals surface area contributed by atoms with E-state index in [0.29, 0.717) is 0 Å². The highest BCUT2D eigenvalue weighted by atomic mass is 79.9. The second-order valence-corrected chi connectivity index (χ2v) is 15.8. The van der Waals surface area contributed by atoms with E-state index in [-0.39, 0.29) is 0 Å². The van der Waals surface area contributed by atoms with Gasteiger partial charge in [0.15, 0.2) is 0 Å². The molecule has 3 aromatic carbocycles. The van der Waals surface area contributed by atoms with E-state index in [2.05, 4.69) is 99.4 Å². The molecule has 0 aromatic heterocycles. The number of hydrogen-bond donors (Lipinski definition) is 1. The second kappa shape index (κ2) is 13.4. The van der Waals surface area contributed by atoms with Gasteiger partial charge in [-0.3, -0.25) is 0 Å². The summed E-state index contributed by atoms with van der Waals surface area (Å²) >= 11 is 24.9. The largest absolute Gasteiger partial charge is 0.496 e. The van der Waals surface area contributed by atoms with E-state index in [4.69, 9.17) is 26.4 Å². The Hall–Kier alpha value is -0.950. The molecule has 2 aliphatic rings. The summed E-state index contributed by atoms with van der Waals surface area (Å²) < 4.78 is 19.7. The van der Waals surface area contributed by atoms with E-state index in [1.807, 2.05) is 47.8 Å². The highest BCUT2D eigenvalue weighted by Crippen LogP contribution is 2.60. The molecule has 4 nitrogen and oxygen atoms in total. The summed E-state index contributed by atoms with van der Waals surface area (Å²) in [6.07, 6.45) is 3.28. The minimum atomic E-state index is -0.447. The van der Waals surface area contributed by atoms with Gasteiger partial charge in [0.2, 0.25) is 0 Å². The Bertz CT molecular complexity index is 1560. The third-order valence-corrected chi connectivity index (χ3v) is 12.8. The molecule has 0 saturated carbocycles. The lowest BCUT2D eigenvalue weighted by molar-refractivity contribution is 0.409. The Morgan fingerprint density at radius 1 is 0.805 bits per heavy atom. The minimum Gasteiger partial charge on any atom is -0.496 e. The molecule has 0 atom stereocenters. The van der Waals surface area contributed by atoms with Crippen LogP contribution >= 0.6 is 99.5 Å². The lowest BCUT2D eigenvalue weighted by Crippen LogP contribution is -2.30. The van der Waals surface area contributed by atoms with E-state index < -0.39 is 4.08 Å². The van der Waals surface area contributed by atoms with E-state index in [1.165, 1.54) is 0 Å². The highest BCUT2D eigenvalue weighted by molar-refractivity contribution is 9.11. The van der Waals surface area contributed by atoms with Gasteiger partial charge >= 0.3 is 0 Å². The summed E-state index contributed by atoms with van der Waals surface area (Å²) in [6.45, 7) is 0. The zero-order valence-corrected chi connectivity index (χ0v) is 31.1. The monoisotopic (exact) mass is 859 g/mol. The van der Waals surface area contributed by atoms with Crippen LogP contribution in [0.1, 0.15) is 23.1 Å². The van der Waals surface area contributed by atoms with Gasteiger partial charge in [0, 0.05) is 16.8 Å². The molecule has 1 saturated heterocycles. The van der Waals surface area contributed by atoms with Crippen LogP contribution in [0.4, 0.5) is 0 Å². The van der Waals surface area contributed by atoms with Crippen molar-refractivity contribution in [2.45, 2.75) is 10.5 Å². The van der Waals surface area contributed by atoms with Crippen molar-refractivity contribution in [2.24, 2.45) is 0 Å². The van der Waals surface area contributed by atoms with E-state index in [0.717, 1.165) is 91.6 Å². The molecule has 5 rings (SSSR count). The molecule has 0 radical (unpaired) electrons. The number of nitrogens with one attached hydrogen (secondary N) is 1. The van der Waals surface area contributed by atoms with Gasteiger partial charge in [-0.15, -0.1) is 23.5 Å². The van der Waals surface area contributed by atoms with Gasteiger partial charge in [-0.2, -0.15) is 0 Å². The van der Waals surface area contributed by atoms with Gasteiger partial charge in [0.1, 0.15) is 26.3 Å². The summed E-state index contributed by atoms with van der Waals surface area (Å²) in [6, 6.07) is 16.6. The maximum atomic E-state index is 6.17. The first-order chi connectivity index (χ1) is 19.7. The van der Waals surface area contributed by atoms with Crippen LogP contribution in [-0.2, 0) is 4.08 Å². The Morgan fingerprint density at radius 3 is 1.98 bits per heavy atom. The van der Waals surface area contributed by atoms with Crippen LogP contribution in [-0.4, -0.2) is 37.8 Å². The quantitative estimate of drug-likeness (QED) is 0.237. The highest BCUT2D eigenvalue weighted by Gasteiger charge is 2.46. The number of thiocarbonyl (C=S) groups is 1. The Labute approximate surface area is 287 Å². The zero-order chi connectivity index (χ0) is 29.3. The molecule has 1 N–H and O–H groups in total. The lowest BCUT2D eigenvalue weighted by Gasteiger charge is -2.38. The molecule has 0 unspecified atom stereocenters. The Kier molecular flexibility index (Phi) is 10.3. The molecule has 1 fully saturated rings. The standard InChI is InChI=1S/C30H25Br4NO3S3/c1-36-24-7-5-16(11-19(24)31)12-23-26(17-6-8-25(37-2)20(32)13-17)27(29(39)35-23)30(40-9-4-10-41-30)18-14-21(33)28(38-3)22(34)15-18/h5-8,11-15H,4,9-10H2,1-3H3,(H,35,39)/b23-12-. The maximum absolute atomic E-state index is 6.17. The summed E-state index contributed by atoms with van der Waals surface area (Å²) in [5.74, 6) is 4.35. The fraction of sp³-hybridized carbons (Fsp3) is 0.233. The minimum absolute atomic E-state index is 0.447. The third-order valence-electron chi connectivity index (χ3n) is 6.73. The number of benzene rings is 3. The smallest absolute Gasteiger partial charge is 0.147 e. The number of thioether (sulfide) groups is 2. The number of halogens is 4. The predicted molar refractivity (Wildman–Crippen MR) is 192 cm³/mol. The van der Waals surface area contributed by atoms with Crippen LogP contribution in [0.5, 0.6) is 17.2 Å². The first kappa shape index (κ1) is 31.5. The molecule has 0 amide bonds. The average molecular weight is 863 g/mol. The number of hydrogen-bond acceptors (Lipinski definition) is 6. The topological polar surface area (TPSA) is 39.7 Å². The van der Waals surface area contributed by atoms with Gasteiger partial charge < -0.3 is 19.5 Å². The molecule has 3 aromatic rings. The van der Waals surface area contributed by atoms with E-state index in [9.17, 15) is 0 Å². The van der Waals surface area contributed by atoms with Crippen molar-refractivity contribution in [3.05, 3.63) is 94.4 Å². The van der Waals surface area contributed by atoms with Crippen molar-refractivity contribution in [1.82, 2.24) is 5.32 Å². The second-order valence-electron chi connectivity index (χ2n) is 9.15. The van der Waals surface area contributed by atoms with Crippen LogP contribution in [0, 0.1) is 0 Å². The van der Waals surface area contributed by atoms with Crippen LogP contribution in [0.25, 0.3) is 11.6 Å². The van der Waals surface area contributed by atoms with Crippen LogP contribution in [0.2, 0.25) is 0 Å². The average Bonchev–Trinajstić information content (AvgIpc) is 3.28. The van der Waals surface area contributed by atoms with Gasteiger partial charge in [0.25, 0.3) is 0 Å². The summed E-state index contributed by atoms with van der Waals surface area (Å²) in [5.41, 5.74) is 6.29. The van der Waals surface area contributed by atoms with Crippen molar-refractivity contribution in [1.29, 1.82) is 0 Å². The lowest BCUT2D eigenvalue weighted by atomic mass is 9.93. The molecule has 214 valence electrons. The number of methoxy groups -OCH3 is 3. The first-order valence-electron chi connectivity index (χ1n) is 12.5. The molecular formula is C30H25Br4NO3S3. The summed E-state index contributed by atoms with van der Waals surface area (Å²) in [7, 11) is 5.02. The van der Waals surface area contributed by atoms with Gasteiger partial charge in [-0.25, -0.2) is 0 Å². The third kappa shape index (κ3) is 6.19. The first-order valence-corrected chi connectivity index (χ1v) is 18.0. The fourth-order valence-corrected chi connectivity index (χ4v) is 11.4. The van der Waals surface area contributed by atoms with Crippen LogP contribution < -0.4 is 19.5 Å². The Balaban J connectivity index is 1.80. The molecule has 0 spiro atoms. The van der Waals surface area contributed by atoms with Crippen molar-refractivity contribution in [3.63, 3.8) is 0 Å². The molecule has 11 heteroatoms. The molecule has 0 bridgehead atoms. The SMILES string of the molecule is COc1ccc(/C=C2\NC(=S)C(C3(c4cc(Br)c(OC)c(Br)c4)SCCCS3)=C2c2ccc(OC)c(Br)c2)cc1Br. The normalized spacial score (nSPS) is 17.5. The fourth-order valence-electron chi connectivity index (χ4n) is 4.91. The maximum Gasteiger partial charge on any atom is 0.147 e. The molecular weight excluding hydrogens is 838 g/mol. The van der Waals surface area contributed by atoms with Crippen molar-refractivity contribution >= 4 is 116 Å². The molecule has 0 aliphatic carbocycles. The number of rotatable bonds is 7. The van der Waals surface area contributed by atoms with Crippen LogP contribution in [0.3, 0.4) is 0 Å². The van der Waals surface area contributed by atoms with Crippen molar-refractivity contribution in [2.75, 3.05) is 32.8 Å². The van der Waals surface area contributed by atoms with Crippen molar-refractivity contribution in [3.8, 4) is 17.2 Å². The number of allylic oxidation sites excluding steroid dienone is 1. The number of ether oxygens (including phenoxy) is 3. The molecule has 41 heavy (non-hydrogen) atoms. The predicted octanol–water partition coefficient (Wildman–Crippen LogP) is 10.2. The zero-order valence-electron chi connectivity index (χ0n) is 22.3. The van der Waals surface area contributed by atoms with E-state index in [1.54, 1.807) is 21.3 Å². The summed E-state index contributed by atoms with van der Waals surface area (Å²) in [5, 5.41) is 3.59. The van der Waals surface area contributed by atoms with Gasteiger partial charge in [-0.05, 0) is 141 Å². The molecule has 2 aliphatic heterocycles. The van der Waals surface area contributed by atoms with E-state index >= 15 is 0 Å². The van der Waals surface area contributed by atoms with Gasteiger partial charge in [-0.1, -0.05) is 24.4 Å². The summed E-state index contributed by atoms with van der Waals surface area (Å²) in [4.78, 5) is 0.718.